The third-order valence-electron chi connectivity index (χ3n) is 6.36. The minimum atomic E-state index is -0.790. The van der Waals surface area contributed by atoms with Gasteiger partial charge in [0.2, 0.25) is 0 Å². The van der Waals surface area contributed by atoms with Crippen molar-refractivity contribution >= 4 is 0 Å². The Morgan fingerprint density at radius 1 is 0.900 bits per heavy atom. The standard InChI is InChI=1S/C17H28O3/c1-15(18)8-5-4-6-11-12(7-9-16(11,2)19)17(3,20)14-10-13(14)15/h4,6,11-14,18-20H,5,7-10H2,1-3H3/b6-4+/t11-,12-,13-,14-,15-,16-,17+/m1/s1. The summed E-state index contributed by atoms with van der Waals surface area (Å²) < 4.78 is 0. The van der Waals surface area contributed by atoms with E-state index < -0.39 is 16.8 Å². The number of allylic oxidation sites excluding steroid dienone is 1. The quantitative estimate of drug-likeness (QED) is 0.596. The fourth-order valence-corrected chi connectivity index (χ4v) is 4.83. The summed E-state index contributed by atoms with van der Waals surface area (Å²) in [6.45, 7) is 5.72. The smallest absolute Gasteiger partial charge is 0.0686 e. The molecule has 0 aliphatic heterocycles. The molecule has 0 saturated heterocycles. The first-order valence-corrected chi connectivity index (χ1v) is 8.00. The minimum Gasteiger partial charge on any atom is -0.390 e. The van der Waals surface area contributed by atoms with E-state index in [0.717, 1.165) is 32.1 Å². The summed E-state index contributed by atoms with van der Waals surface area (Å²) in [5.41, 5.74) is -2.17. The van der Waals surface area contributed by atoms with Crippen molar-refractivity contribution in [3.63, 3.8) is 0 Å². The third-order valence-corrected chi connectivity index (χ3v) is 6.36. The van der Waals surface area contributed by atoms with Gasteiger partial charge in [-0.15, -0.1) is 0 Å². The van der Waals surface area contributed by atoms with Gasteiger partial charge in [0.1, 0.15) is 0 Å². The number of rotatable bonds is 0. The molecule has 2 fully saturated rings. The summed E-state index contributed by atoms with van der Waals surface area (Å²) in [6.07, 6.45) is 8.27. The van der Waals surface area contributed by atoms with Crippen molar-refractivity contribution in [2.75, 3.05) is 0 Å². The number of hydrogen-bond acceptors (Lipinski definition) is 3. The Morgan fingerprint density at radius 3 is 2.30 bits per heavy atom. The second-order valence-corrected chi connectivity index (χ2v) is 8.03. The zero-order valence-electron chi connectivity index (χ0n) is 12.8. The van der Waals surface area contributed by atoms with E-state index in [2.05, 4.69) is 12.2 Å². The Morgan fingerprint density at radius 2 is 1.60 bits per heavy atom. The average molecular weight is 280 g/mol. The first kappa shape index (κ1) is 14.6. The van der Waals surface area contributed by atoms with Gasteiger partial charge in [-0.2, -0.15) is 0 Å². The van der Waals surface area contributed by atoms with E-state index in [1.54, 1.807) is 0 Å². The van der Waals surface area contributed by atoms with Crippen LogP contribution >= 0.6 is 0 Å². The lowest BCUT2D eigenvalue weighted by Gasteiger charge is -2.38. The van der Waals surface area contributed by atoms with E-state index in [9.17, 15) is 15.3 Å². The normalized spacial score (nSPS) is 60.5. The van der Waals surface area contributed by atoms with Crippen LogP contribution in [0.25, 0.3) is 0 Å². The third kappa shape index (κ3) is 2.15. The lowest BCUT2D eigenvalue weighted by molar-refractivity contribution is -0.0723. The minimum absolute atomic E-state index is 0.0294. The molecule has 3 rings (SSSR count). The molecule has 114 valence electrons. The van der Waals surface area contributed by atoms with E-state index in [1.807, 2.05) is 20.8 Å². The average Bonchev–Trinajstić information content (AvgIpc) is 3.07. The van der Waals surface area contributed by atoms with E-state index >= 15 is 0 Å². The van der Waals surface area contributed by atoms with Gasteiger partial charge in [0.05, 0.1) is 16.8 Å². The molecule has 3 heteroatoms. The highest BCUT2D eigenvalue weighted by atomic mass is 16.3. The summed E-state index contributed by atoms with van der Waals surface area (Å²) >= 11 is 0. The van der Waals surface area contributed by atoms with Crippen LogP contribution in [0.1, 0.15) is 52.9 Å². The topological polar surface area (TPSA) is 60.7 Å². The van der Waals surface area contributed by atoms with Gasteiger partial charge in [-0.05, 0) is 70.6 Å². The number of aliphatic hydroxyl groups is 3. The molecular weight excluding hydrogens is 252 g/mol. The second-order valence-electron chi connectivity index (χ2n) is 8.03. The van der Waals surface area contributed by atoms with Crippen molar-refractivity contribution in [3.05, 3.63) is 12.2 Å². The second kappa shape index (κ2) is 4.31. The summed E-state index contributed by atoms with van der Waals surface area (Å²) in [6, 6.07) is 0. The van der Waals surface area contributed by atoms with Crippen LogP contribution in [-0.2, 0) is 0 Å². The fraction of sp³-hybridized carbons (Fsp3) is 0.882. The number of fused-ring (bicyclic) bond motifs is 2. The lowest BCUT2D eigenvalue weighted by atomic mass is 9.73. The van der Waals surface area contributed by atoms with Gasteiger partial charge in [-0.3, -0.25) is 0 Å². The van der Waals surface area contributed by atoms with Gasteiger partial charge >= 0.3 is 0 Å². The molecule has 0 amide bonds. The lowest BCUT2D eigenvalue weighted by Crippen LogP contribution is -2.45. The van der Waals surface area contributed by atoms with Gasteiger partial charge < -0.3 is 15.3 Å². The molecule has 7 atom stereocenters. The molecule has 0 aromatic rings. The van der Waals surface area contributed by atoms with E-state index in [1.165, 1.54) is 0 Å². The molecular formula is C17H28O3. The molecule has 0 aromatic heterocycles. The first-order chi connectivity index (χ1) is 9.16. The van der Waals surface area contributed by atoms with Gasteiger partial charge in [0, 0.05) is 5.92 Å². The molecule has 0 radical (unpaired) electrons. The van der Waals surface area contributed by atoms with Crippen molar-refractivity contribution in [1.29, 1.82) is 0 Å². The van der Waals surface area contributed by atoms with Crippen LogP contribution in [0.2, 0.25) is 0 Å². The molecule has 3 N–H and O–H groups in total. The molecule has 2 saturated carbocycles. The summed E-state index contributed by atoms with van der Waals surface area (Å²) in [4.78, 5) is 0. The first-order valence-electron chi connectivity index (χ1n) is 8.00. The van der Waals surface area contributed by atoms with Crippen molar-refractivity contribution < 1.29 is 15.3 Å². The Labute approximate surface area is 121 Å². The SMILES string of the molecule is C[C@]1(O)[C@@H]2CC[C@@](C)(O)[C@@H]2/C=C/CC[C@@](C)(O)[C@@H]2C[C@H]21. The Hall–Kier alpha value is -0.380. The van der Waals surface area contributed by atoms with Crippen molar-refractivity contribution in [1.82, 2.24) is 0 Å². The zero-order chi connectivity index (χ0) is 14.8. The van der Waals surface area contributed by atoms with E-state index in [4.69, 9.17) is 0 Å². The van der Waals surface area contributed by atoms with E-state index in [0.29, 0.717) is 0 Å². The summed E-state index contributed by atoms with van der Waals surface area (Å²) in [5.74, 6) is 0.500. The van der Waals surface area contributed by atoms with Crippen LogP contribution in [0.5, 0.6) is 0 Å². The van der Waals surface area contributed by atoms with Crippen molar-refractivity contribution in [2.45, 2.75) is 69.7 Å². The summed E-state index contributed by atoms with van der Waals surface area (Å²) in [5, 5.41) is 32.3. The largest absolute Gasteiger partial charge is 0.390 e. The van der Waals surface area contributed by atoms with Crippen LogP contribution < -0.4 is 0 Å². The molecule has 3 nitrogen and oxygen atoms in total. The molecule has 3 aliphatic carbocycles. The fourth-order valence-electron chi connectivity index (χ4n) is 4.83. The molecule has 20 heavy (non-hydrogen) atoms. The monoisotopic (exact) mass is 280 g/mol. The van der Waals surface area contributed by atoms with Crippen molar-refractivity contribution in [2.24, 2.45) is 23.7 Å². The Balaban J connectivity index is 1.95. The molecule has 0 unspecified atom stereocenters. The maximum Gasteiger partial charge on any atom is 0.0686 e. The van der Waals surface area contributed by atoms with Gasteiger partial charge in [0.15, 0.2) is 0 Å². The van der Waals surface area contributed by atoms with Crippen LogP contribution in [-0.4, -0.2) is 32.1 Å². The van der Waals surface area contributed by atoms with Crippen LogP contribution in [0.15, 0.2) is 12.2 Å². The zero-order valence-corrected chi connectivity index (χ0v) is 12.8. The predicted octanol–water partition coefficient (Wildman–Crippen LogP) is 2.25. The van der Waals surface area contributed by atoms with E-state index in [-0.39, 0.29) is 23.7 Å². The Kier molecular flexibility index (Phi) is 3.14. The summed E-state index contributed by atoms with van der Waals surface area (Å²) in [7, 11) is 0. The molecule has 0 bridgehead atoms. The van der Waals surface area contributed by atoms with Gasteiger partial charge in [0.25, 0.3) is 0 Å². The molecule has 0 aromatic carbocycles. The highest BCUT2D eigenvalue weighted by Gasteiger charge is 2.62. The molecule has 0 spiro atoms. The highest BCUT2D eigenvalue weighted by Crippen LogP contribution is 2.60. The van der Waals surface area contributed by atoms with Crippen LogP contribution in [0.3, 0.4) is 0 Å². The van der Waals surface area contributed by atoms with Crippen LogP contribution in [0.4, 0.5) is 0 Å². The predicted molar refractivity (Wildman–Crippen MR) is 78.1 cm³/mol. The Bertz CT molecular complexity index is 422. The maximum absolute atomic E-state index is 11.1. The van der Waals surface area contributed by atoms with Crippen molar-refractivity contribution in [3.8, 4) is 0 Å². The highest BCUT2D eigenvalue weighted by molar-refractivity contribution is 5.16. The maximum atomic E-state index is 11.1. The van der Waals surface area contributed by atoms with Gasteiger partial charge in [-0.1, -0.05) is 12.2 Å². The molecule has 3 aliphatic rings. The molecule has 0 heterocycles. The van der Waals surface area contributed by atoms with Crippen LogP contribution in [0, 0.1) is 23.7 Å². The van der Waals surface area contributed by atoms with Gasteiger partial charge in [-0.25, -0.2) is 0 Å². The number of hydrogen-bond donors (Lipinski definition) is 3.